The van der Waals surface area contributed by atoms with Gasteiger partial charge in [-0.2, -0.15) is 0 Å². The first-order chi connectivity index (χ1) is 9.76. The molecule has 106 valence electrons. The number of aromatic nitrogens is 2. The zero-order valence-electron chi connectivity index (χ0n) is 12.3. The summed E-state index contributed by atoms with van der Waals surface area (Å²) in [6, 6.07) is 6.06. The Hall–Kier alpha value is -1.94. The number of hydrogen-bond donors (Lipinski definition) is 1. The Bertz CT molecular complexity index is 557. The van der Waals surface area contributed by atoms with Crippen molar-refractivity contribution in [1.29, 1.82) is 0 Å². The maximum Gasteiger partial charge on any atom is 0.137 e. The third-order valence-electron chi connectivity index (χ3n) is 3.15. The molecular formula is C16H21N3O. The smallest absolute Gasteiger partial charge is 0.137 e. The summed E-state index contributed by atoms with van der Waals surface area (Å²) in [6.45, 7) is 4.86. The lowest BCUT2D eigenvalue weighted by molar-refractivity contribution is 0.315. The fourth-order valence-electron chi connectivity index (χ4n) is 2.15. The molecule has 0 spiro atoms. The van der Waals surface area contributed by atoms with Crippen LogP contribution in [0.25, 0.3) is 0 Å². The minimum Gasteiger partial charge on any atom is -0.492 e. The van der Waals surface area contributed by atoms with Crippen molar-refractivity contribution >= 4 is 0 Å². The van der Waals surface area contributed by atoms with Crippen LogP contribution in [-0.2, 0) is 0 Å². The molecule has 0 saturated heterocycles. The van der Waals surface area contributed by atoms with Crippen molar-refractivity contribution in [2.24, 2.45) is 0 Å². The summed E-state index contributed by atoms with van der Waals surface area (Å²) in [5, 5.41) is 3.30. The zero-order valence-corrected chi connectivity index (χ0v) is 12.3. The maximum absolute atomic E-state index is 5.65. The largest absolute Gasteiger partial charge is 0.492 e. The number of pyridine rings is 2. The van der Waals surface area contributed by atoms with E-state index < -0.39 is 0 Å². The average molecular weight is 271 g/mol. The Balaban J connectivity index is 2.30. The van der Waals surface area contributed by atoms with Crippen LogP contribution in [0.15, 0.2) is 36.8 Å². The van der Waals surface area contributed by atoms with Crippen LogP contribution in [0.1, 0.15) is 36.2 Å². The third-order valence-corrected chi connectivity index (χ3v) is 3.15. The van der Waals surface area contributed by atoms with Crippen molar-refractivity contribution in [3.8, 4) is 5.75 Å². The quantitative estimate of drug-likeness (QED) is 0.877. The Morgan fingerprint density at radius 3 is 2.90 bits per heavy atom. The molecule has 0 aliphatic rings. The predicted octanol–water partition coefficient (Wildman–Crippen LogP) is 2.88. The van der Waals surface area contributed by atoms with Gasteiger partial charge in [-0.3, -0.25) is 9.97 Å². The highest BCUT2D eigenvalue weighted by atomic mass is 16.5. The van der Waals surface area contributed by atoms with Crippen LogP contribution in [0.3, 0.4) is 0 Å². The van der Waals surface area contributed by atoms with Crippen LogP contribution in [0.4, 0.5) is 0 Å². The molecule has 0 aromatic carbocycles. The zero-order chi connectivity index (χ0) is 14.4. The Morgan fingerprint density at radius 2 is 2.20 bits per heavy atom. The summed E-state index contributed by atoms with van der Waals surface area (Å²) in [5.41, 5.74) is 3.24. The lowest BCUT2D eigenvalue weighted by Gasteiger charge is -2.18. The van der Waals surface area contributed by atoms with Crippen LogP contribution in [0.5, 0.6) is 5.75 Å². The van der Waals surface area contributed by atoms with E-state index in [0.29, 0.717) is 6.61 Å². The van der Waals surface area contributed by atoms with Gasteiger partial charge in [-0.05, 0) is 43.7 Å². The molecule has 0 fully saturated rings. The first-order valence-corrected chi connectivity index (χ1v) is 6.92. The molecule has 2 heterocycles. The maximum atomic E-state index is 5.65. The molecule has 0 bridgehead atoms. The molecule has 4 nitrogen and oxygen atoms in total. The van der Waals surface area contributed by atoms with Gasteiger partial charge in [0.25, 0.3) is 0 Å². The highest BCUT2D eigenvalue weighted by Gasteiger charge is 2.16. The highest BCUT2D eigenvalue weighted by Crippen LogP contribution is 2.24. The molecule has 1 N–H and O–H groups in total. The van der Waals surface area contributed by atoms with Crippen molar-refractivity contribution in [3.05, 3.63) is 53.6 Å². The van der Waals surface area contributed by atoms with E-state index in [9.17, 15) is 0 Å². The van der Waals surface area contributed by atoms with Crippen molar-refractivity contribution in [2.45, 2.75) is 26.3 Å². The second kappa shape index (κ2) is 7.01. The summed E-state index contributed by atoms with van der Waals surface area (Å²) in [7, 11) is 1.93. The van der Waals surface area contributed by atoms with Gasteiger partial charge in [0.2, 0.25) is 0 Å². The number of rotatable bonds is 6. The fraction of sp³-hybridized carbons (Fsp3) is 0.375. The fourth-order valence-corrected chi connectivity index (χ4v) is 2.15. The Kier molecular flexibility index (Phi) is 5.07. The predicted molar refractivity (Wildman–Crippen MR) is 79.9 cm³/mol. The second-order valence-electron chi connectivity index (χ2n) is 4.73. The van der Waals surface area contributed by atoms with E-state index in [-0.39, 0.29) is 6.04 Å². The van der Waals surface area contributed by atoms with Gasteiger partial charge in [-0.15, -0.1) is 0 Å². The highest BCUT2D eigenvalue weighted by molar-refractivity contribution is 5.34. The van der Waals surface area contributed by atoms with Gasteiger partial charge >= 0.3 is 0 Å². The number of nitrogens with zero attached hydrogens (tertiary/aromatic N) is 2. The Labute approximate surface area is 120 Å². The van der Waals surface area contributed by atoms with Crippen LogP contribution >= 0.6 is 0 Å². The van der Waals surface area contributed by atoms with Gasteiger partial charge in [0.1, 0.15) is 5.75 Å². The lowest BCUT2D eigenvalue weighted by atomic mass is 10.0. The van der Waals surface area contributed by atoms with Crippen LogP contribution in [0, 0.1) is 6.92 Å². The molecular weight excluding hydrogens is 250 g/mol. The first-order valence-electron chi connectivity index (χ1n) is 6.92. The van der Waals surface area contributed by atoms with E-state index in [1.807, 2.05) is 31.6 Å². The number of aryl methyl sites for hydroxylation is 1. The molecule has 1 atom stereocenters. The van der Waals surface area contributed by atoms with Crippen LogP contribution in [0.2, 0.25) is 0 Å². The monoisotopic (exact) mass is 271 g/mol. The average Bonchev–Trinajstić information content (AvgIpc) is 2.48. The standard InChI is InChI=1S/C16H21N3O/c1-4-8-20-14-9-13(10-18-11-14)16(17-3)15-12(2)6-5-7-19-15/h5-7,9-11,16-17H,4,8H2,1-3H3. The summed E-state index contributed by atoms with van der Waals surface area (Å²) < 4.78 is 5.65. The van der Waals surface area contributed by atoms with Crippen molar-refractivity contribution in [2.75, 3.05) is 13.7 Å². The molecule has 20 heavy (non-hydrogen) atoms. The first kappa shape index (κ1) is 14.5. The normalized spacial score (nSPS) is 12.2. The summed E-state index contributed by atoms with van der Waals surface area (Å²) in [5.74, 6) is 0.804. The molecule has 0 aliphatic heterocycles. The SMILES string of the molecule is CCCOc1cncc(C(NC)c2ncccc2C)c1. The molecule has 4 heteroatoms. The number of nitrogens with one attached hydrogen (secondary N) is 1. The van der Waals surface area contributed by atoms with Gasteiger partial charge in [-0.1, -0.05) is 13.0 Å². The minimum atomic E-state index is 0.0221. The minimum absolute atomic E-state index is 0.0221. The van der Waals surface area contributed by atoms with Gasteiger partial charge in [0.15, 0.2) is 0 Å². The van der Waals surface area contributed by atoms with Crippen molar-refractivity contribution in [3.63, 3.8) is 0 Å². The molecule has 0 saturated carbocycles. The van der Waals surface area contributed by atoms with E-state index in [0.717, 1.165) is 29.0 Å². The number of hydrogen-bond acceptors (Lipinski definition) is 4. The van der Waals surface area contributed by atoms with Crippen LogP contribution in [-0.4, -0.2) is 23.6 Å². The summed E-state index contributed by atoms with van der Waals surface area (Å²) >= 11 is 0. The van der Waals surface area contributed by atoms with E-state index in [1.54, 1.807) is 6.20 Å². The third kappa shape index (κ3) is 3.33. The molecule has 0 radical (unpaired) electrons. The number of ether oxygens (including phenoxy) is 1. The summed E-state index contributed by atoms with van der Waals surface area (Å²) in [4.78, 5) is 8.76. The molecule has 1 unspecified atom stereocenters. The van der Waals surface area contributed by atoms with Crippen LogP contribution < -0.4 is 10.1 Å². The molecule has 2 rings (SSSR count). The molecule has 2 aromatic rings. The molecule has 0 amide bonds. The van der Waals surface area contributed by atoms with Gasteiger partial charge < -0.3 is 10.1 Å². The van der Waals surface area contributed by atoms with Gasteiger partial charge in [0, 0.05) is 12.4 Å². The van der Waals surface area contributed by atoms with Crippen molar-refractivity contribution < 1.29 is 4.74 Å². The molecule has 2 aromatic heterocycles. The summed E-state index contributed by atoms with van der Waals surface area (Å²) in [6.07, 6.45) is 6.40. The second-order valence-corrected chi connectivity index (χ2v) is 4.73. The molecule has 0 aliphatic carbocycles. The van der Waals surface area contributed by atoms with Gasteiger partial charge in [0.05, 0.1) is 24.5 Å². The Morgan fingerprint density at radius 1 is 1.35 bits per heavy atom. The van der Waals surface area contributed by atoms with Crippen molar-refractivity contribution in [1.82, 2.24) is 15.3 Å². The van der Waals surface area contributed by atoms with E-state index in [1.165, 1.54) is 0 Å². The van der Waals surface area contributed by atoms with Gasteiger partial charge in [-0.25, -0.2) is 0 Å². The topological polar surface area (TPSA) is 47.0 Å². The van der Waals surface area contributed by atoms with E-state index in [4.69, 9.17) is 4.74 Å². The van der Waals surface area contributed by atoms with E-state index in [2.05, 4.69) is 35.2 Å². The lowest BCUT2D eigenvalue weighted by Crippen LogP contribution is -2.20. The van der Waals surface area contributed by atoms with E-state index >= 15 is 0 Å².